The van der Waals surface area contributed by atoms with Crippen LogP contribution < -0.4 is 5.32 Å². The summed E-state index contributed by atoms with van der Waals surface area (Å²) in [6, 6.07) is -1.28. The van der Waals surface area contributed by atoms with Gasteiger partial charge in [0.2, 0.25) is 5.91 Å². The Morgan fingerprint density at radius 1 is 0.926 bits per heavy atom. The number of carbonyl (C=O) groups excluding carboxylic acids is 1. The normalized spacial score (nSPS) is 45.5. The summed E-state index contributed by atoms with van der Waals surface area (Å²) in [4.78, 5) is 11.6. The number of carbonyl (C=O) groups is 1. The Morgan fingerprint density at radius 2 is 1.56 bits per heavy atom. The van der Waals surface area contributed by atoms with Gasteiger partial charge in [-0.05, 0) is 0 Å². The molecule has 0 aromatic carbocycles. The quantitative estimate of drug-likeness (QED) is 0.214. The van der Waals surface area contributed by atoms with Crippen molar-refractivity contribution in [1.29, 1.82) is 0 Å². The van der Waals surface area contributed by atoms with Crippen LogP contribution in [0.2, 0.25) is 0 Å². The zero-order valence-electron chi connectivity index (χ0n) is 14.7. The first kappa shape index (κ1) is 22.4. The molecular weight excluding hydrogens is 370 g/mol. The topological polar surface area (TPSA) is 198 Å². The minimum Gasteiger partial charge on any atom is -0.394 e. The minimum absolute atomic E-state index is 0.0810. The zero-order valence-corrected chi connectivity index (χ0v) is 14.7. The van der Waals surface area contributed by atoms with Gasteiger partial charge in [-0.15, -0.1) is 0 Å². The lowest BCUT2D eigenvalue weighted by atomic mass is 9.95. The standard InChI is InChI=1S/C15H27NO11/c1-2-7(19)16-8-10(21)13(6(4-18)25-14(8)24)27-15-12(23)11(22)9(20)5(3-17)26-15/h5-6,8-15,17-18,20-24H,2-4H2,1H3,(H,16,19)/t5-,6-,8-,9+,10-,11+,12-,13-,14?,15+/m1/s1. The van der Waals surface area contributed by atoms with Gasteiger partial charge in [-0.1, -0.05) is 6.92 Å². The van der Waals surface area contributed by atoms with Crippen LogP contribution in [0.4, 0.5) is 0 Å². The molecule has 2 aliphatic heterocycles. The van der Waals surface area contributed by atoms with Crippen LogP contribution in [0.5, 0.6) is 0 Å². The average molecular weight is 397 g/mol. The van der Waals surface area contributed by atoms with Gasteiger partial charge in [0.15, 0.2) is 12.6 Å². The van der Waals surface area contributed by atoms with Crippen molar-refractivity contribution >= 4 is 5.91 Å². The van der Waals surface area contributed by atoms with Gasteiger partial charge < -0.3 is 55.3 Å². The first-order chi connectivity index (χ1) is 12.7. The van der Waals surface area contributed by atoms with Crippen LogP contribution in [0, 0.1) is 0 Å². The maximum Gasteiger partial charge on any atom is 0.220 e. The van der Waals surface area contributed by atoms with E-state index in [0.717, 1.165) is 0 Å². The van der Waals surface area contributed by atoms with Crippen LogP contribution in [-0.4, -0.2) is 116 Å². The highest BCUT2D eigenvalue weighted by Crippen LogP contribution is 2.28. The number of aliphatic hydroxyl groups excluding tert-OH is 7. The fourth-order valence-electron chi connectivity index (χ4n) is 3.03. The Balaban J connectivity index is 2.16. The second-order valence-corrected chi connectivity index (χ2v) is 6.48. The molecule has 1 amide bonds. The second-order valence-electron chi connectivity index (χ2n) is 6.48. The minimum atomic E-state index is -1.73. The van der Waals surface area contributed by atoms with E-state index in [1.165, 1.54) is 0 Å². The first-order valence-corrected chi connectivity index (χ1v) is 8.62. The summed E-state index contributed by atoms with van der Waals surface area (Å²) in [6.45, 7) is 0.215. The molecule has 0 spiro atoms. The maximum atomic E-state index is 11.6. The Labute approximate surface area is 154 Å². The molecule has 2 fully saturated rings. The molecular formula is C15H27NO11. The van der Waals surface area contributed by atoms with Crippen molar-refractivity contribution in [1.82, 2.24) is 5.32 Å². The van der Waals surface area contributed by atoms with E-state index >= 15 is 0 Å². The lowest BCUT2D eigenvalue weighted by molar-refractivity contribution is -0.345. The highest BCUT2D eigenvalue weighted by molar-refractivity contribution is 5.76. The molecule has 158 valence electrons. The third kappa shape index (κ3) is 4.74. The third-order valence-electron chi connectivity index (χ3n) is 4.66. The summed E-state index contributed by atoms with van der Waals surface area (Å²) in [5.41, 5.74) is 0. The Kier molecular flexibility index (Phi) is 7.88. The molecule has 1 unspecified atom stereocenters. The summed E-state index contributed by atoms with van der Waals surface area (Å²) in [6.07, 6.45) is -13.6. The summed E-state index contributed by atoms with van der Waals surface area (Å²) in [5.74, 6) is -0.476. The molecule has 0 aromatic rings. The fraction of sp³-hybridized carbons (Fsp3) is 0.933. The van der Waals surface area contributed by atoms with Crippen LogP contribution in [0.1, 0.15) is 13.3 Å². The Morgan fingerprint density at radius 3 is 2.11 bits per heavy atom. The van der Waals surface area contributed by atoms with E-state index in [-0.39, 0.29) is 6.42 Å². The summed E-state index contributed by atoms with van der Waals surface area (Å²) < 4.78 is 15.8. The highest BCUT2D eigenvalue weighted by atomic mass is 16.7. The van der Waals surface area contributed by atoms with Crippen molar-refractivity contribution in [2.45, 2.75) is 74.7 Å². The smallest absolute Gasteiger partial charge is 0.220 e. The molecule has 12 heteroatoms. The molecule has 0 aliphatic carbocycles. The van der Waals surface area contributed by atoms with Crippen LogP contribution in [0.3, 0.4) is 0 Å². The number of hydrogen-bond donors (Lipinski definition) is 8. The van der Waals surface area contributed by atoms with E-state index < -0.39 is 80.5 Å². The van der Waals surface area contributed by atoms with E-state index in [4.69, 9.17) is 14.2 Å². The van der Waals surface area contributed by atoms with E-state index in [1.54, 1.807) is 6.92 Å². The lowest BCUT2D eigenvalue weighted by Crippen LogP contribution is -2.67. The lowest BCUT2D eigenvalue weighted by Gasteiger charge is -2.46. The molecule has 8 N–H and O–H groups in total. The molecule has 2 heterocycles. The number of hydrogen-bond acceptors (Lipinski definition) is 11. The second kappa shape index (κ2) is 9.52. The van der Waals surface area contributed by atoms with Gasteiger partial charge in [0.1, 0.15) is 48.8 Å². The van der Waals surface area contributed by atoms with Gasteiger partial charge in [-0.25, -0.2) is 0 Å². The number of nitrogens with one attached hydrogen (secondary N) is 1. The zero-order chi connectivity index (χ0) is 20.3. The van der Waals surface area contributed by atoms with Gasteiger partial charge in [-0.2, -0.15) is 0 Å². The molecule has 12 nitrogen and oxygen atoms in total. The third-order valence-corrected chi connectivity index (χ3v) is 4.66. The highest BCUT2D eigenvalue weighted by Gasteiger charge is 2.50. The molecule has 0 saturated carbocycles. The first-order valence-electron chi connectivity index (χ1n) is 8.62. The van der Waals surface area contributed by atoms with Crippen molar-refractivity contribution in [2.75, 3.05) is 13.2 Å². The average Bonchev–Trinajstić information content (AvgIpc) is 2.66. The molecule has 2 saturated heterocycles. The summed E-state index contributed by atoms with van der Waals surface area (Å²) in [5, 5.41) is 71.2. The molecule has 27 heavy (non-hydrogen) atoms. The molecule has 0 aromatic heterocycles. The van der Waals surface area contributed by atoms with E-state index in [2.05, 4.69) is 5.32 Å². The molecule has 10 atom stereocenters. The van der Waals surface area contributed by atoms with Crippen molar-refractivity contribution in [2.24, 2.45) is 0 Å². The van der Waals surface area contributed by atoms with Crippen LogP contribution in [0.15, 0.2) is 0 Å². The van der Waals surface area contributed by atoms with Crippen molar-refractivity contribution in [3.05, 3.63) is 0 Å². The number of ether oxygens (including phenoxy) is 3. The van der Waals surface area contributed by atoms with E-state index in [1.807, 2.05) is 0 Å². The van der Waals surface area contributed by atoms with Crippen LogP contribution >= 0.6 is 0 Å². The molecule has 0 bridgehead atoms. The number of amides is 1. The maximum absolute atomic E-state index is 11.6. The van der Waals surface area contributed by atoms with Gasteiger partial charge >= 0.3 is 0 Å². The molecule has 2 aliphatic rings. The summed E-state index contributed by atoms with van der Waals surface area (Å²) >= 11 is 0. The SMILES string of the molecule is CCC(=O)N[C@H]1C(O)O[C@H](CO)[C@@H](O[C@@H]2O[C@H](CO)[C@H](O)[C@H](O)[C@H]2O)[C@@H]1O. The molecule has 2 rings (SSSR count). The van der Waals surface area contributed by atoms with Gasteiger partial charge in [0, 0.05) is 6.42 Å². The fourth-order valence-corrected chi connectivity index (χ4v) is 3.03. The van der Waals surface area contributed by atoms with Gasteiger partial charge in [-0.3, -0.25) is 4.79 Å². The monoisotopic (exact) mass is 397 g/mol. The van der Waals surface area contributed by atoms with Gasteiger partial charge in [0.25, 0.3) is 0 Å². The summed E-state index contributed by atoms with van der Waals surface area (Å²) in [7, 11) is 0. The molecule has 0 radical (unpaired) electrons. The van der Waals surface area contributed by atoms with Crippen molar-refractivity contribution in [3.8, 4) is 0 Å². The Hall–Kier alpha value is -0.930. The largest absolute Gasteiger partial charge is 0.394 e. The van der Waals surface area contributed by atoms with Crippen molar-refractivity contribution < 1.29 is 54.8 Å². The Bertz CT molecular complexity index is 492. The van der Waals surface area contributed by atoms with Gasteiger partial charge in [0.05, 0.1) is 13.2 Å². The predicted molar refractivity (Wildman–Crippen MR) is 84.8 cm³/mol. The van der Waals surface area contributed by atoms with E-state index in [9.17, 15) is 40.5 Å². The van der Waals surface area contributed by atoms with Crippen LogP contribution in [-0.2, 0) is 19.0 Å². The number of aliphatic hydroxyl groups is 7. The van der Waals surface area contributed by atoms with Crippen molar-refractivity contribution in [3.63, 3.8) is 0 Å². The predicted octanol–water partition coefficient (Wildman–Crippen LogP) is -4.86. The van der Waals surface area contributed by atoms with E-state index in [0.29, 0.717) is 0 Å². The van der Waals surface area contributed by atoms with Crippen LogP contribution in [0.25, 0.3) is 0 Å². The number of rotatable bonds is 6.